The highest BCUT2D eigenvalue weighted by atomic mass is 79.9. The minimum absolute atomic E-state index is 0.121. The first-order chi connectivity index (χ1) is 19.8. The molecule has 10 heteroatoms. The zero-order chi connectivity index (χ0) is 29.4. The summed E-state index contributed by atoms with van der Waals surface area (Å²) in [5, 5.41) is 5.52. The van der Waals surface area contributed by atoms with E-state index in [0.717, 1.165) is 28.7 Å². The van der Waals surface area contributed by atoms with Crippen LogP contribution < -0.4 is 15.5 Å². The van der Waals surface area contributed by atoms with E-state index in [4.69, 9.17) is 4.99 Å². The molecule has 3 amide bonds. The van der Waals surface area contributed by atoms with Gasteiger partial charge in [-0.1, -0.05) is 66.2 Å². The maximum Gasteiger partial charge on any atom is 0.272 e. The normalized spacial score (nSPS) is 15.5. The summed E-state index contributed by atoms with van der Waals surface area (Å²) in [6.45, 7) is 8.55. The van der Waals surface area contributed by atoms with Crippen molar-refractivity contribution in [2.45, 2.75) is 39.4 Å². The summed E-state index contributed by atoms with van der Waals surface area (Å²) in [4.78, 5) is 53.1. The standard InChI is InChI=1S/C31H35BrN6O3/c1-4-37(5-2)17-18-38-26-15-7-6-13-24(26)28(25-14-8-9-16-33-25)35-29(31(38)41)36-30(40)21(3)34-27(39)20-22-11-10-12-23(32)19-22/h6-16,19,21,29H,4-5,17-18,20H2,1-3H3,(H,34,39)(H,36,40)/t21-,29?/m0/s1. The molecule has 3 aromatic rings. The Morgan fingerprint density at radius 3 is 2.51 bits per heavy atom. The summed E-state index contributed by atoms with van der Waals surface area (Å²) >= 11 is 3.41. The van der Waals surface area contributed by atoms with E-state index in [1.807, 2.05) is 66.7 Å². The van der Waals surface area contributed by atoms with Crippen LogP contribution in [0.3, 0.4) is 0 Å². The number of halogens is 1. The summed E-state index contributed by atoms with van der Waals surface area (Å²) in [5.41, 5.74) is 3.38. The molecule has 2 atom stereocenters. The van der Waals surface area contributed by atoms with Crippen molar-refractivity contribution in [1.82, 2.24) is 20.5 Å². The van der Waals surface area contributed by atoms with Crippen LogP contribution in [0.1, 0.15) is 37.6 Å². The van der Waals surface area contributed by atoms with Gasteiger partial charge in [-0.15, -0.1) is 0 Å². The van der Waals surface area contributed by atoms with Gasteiger partial charge in [-0.2, -0.15) is 0 Å². The summed E-state index contributed by atoms with van der Waals surface area (Å²) < 4.78 is 0.869. The Morgan fingerprint density at radius 1 is 1.05 bits per heavy atom. The second-order valence-corrected chi connectivity index (χ2v) is 10.6. The van der Waals surface area contributed by atoms with E-state index in [9.17, 15) is 14.4 Å². The first kappa shape index (κ1) is 30.1. The van der Waals surface area contributed by atoms with Gasteiger partial charge >= 0.3 is 0 Å². The van der Waals surface area contributed by atoms with Gasteiger partial charge < -0.3 is 20.4 Å². The third-order valence-electron chi connectivity index (χ3n) is 6.95. The quantitative estimate of drug-likeness (QED) is 0.342. The van der Waals surface area contributed by atoms with E-state index < -0.39 is 18.1 Å². The van der Waals surface area contributed by atoms with Crippen molar-refractivity contribution in [3.8, 4) is 0 Å². The van der Waals surface area contributed by atoms with Crippen LogP contribution in [0, 0.1) is 0 Å². The molecule has 1 aromatic heterocycles. The lowest BCUT2D eigenvalue weighted by molar-refractivity contribution is -0.130. The van der Waals surface area contributed by atoms with Crippen LogP contribution in [0.4, 0.5) is 5.69 Å². The zero-order valence-corrected chi connectivity index (χ0v) is 25.1. The van der Waals surface area contributed by atoms with Gasteiger partial charge in [0.25, 0.3) is 5.91 Å². The molecule has 4 rings (SSSR count). The molecule has 2 aromatic carbocycles. The number of rotatable bonds is 11. The molecular weight excluding hydrogens is 584 g/mol. The number of pyridine rings is 1. The van der Waals surface area contributed by atoms with Gasteiger partial charge in [-0.25, -0.2) is 4.99 Å². The monoisotopic (exact) mass is 618 g/mol. The van der Waals surface area contributed by atoms with E-state index in [0.29, 0.717) is 30.2 Å². The Morgan fingerprint density at radius 2 is 1.80 bits per heavy atom. The SMILES string of the molecule is CCN(CC)CCN1C(=O)C(NC(=O)[C@H](C)NC(=O)Cc2cccc(Br)c2)N=C(c2ccccn2)c2ccccc21. The van der Waals surface area contributed by atoms with E-state index in [1.165, 1.54) is 0 Å². The second kappa shape index (κ2) is 14.1. The first-order valence-corrected chi connectivity index (χ1v) is 14.6. The molecule has 0 fully saturated rings. The minimum atomic E-state index is -1.20. The van der Waals surface area contributed by atoms with Crippen molar-refractivity contribution in [2.24, 2.45) is 4.99 Å². The molecular formula is C31H35BrN6O3. The highest BCUT2D eigenvalue weighted by Crippen LogP contribution is 2.27. The van der Waals surface area contributed by atoms with Crippen LogP contribution in [0.15, 0.2) is 82.4 Å². The molecule has 9 nitrogen and oxygen atoms in total. The van der Waals surface area contributed by atoms with Crippen LogP contribution in [-0.2, 0) is 20.8 Å². The number of aromatic nitrogens is 1. The van der Waals surface area contributed by atoms with Crippen LogP contribution in [-0.4, -0.2) is 71.7 Å². The fourth-order valence-corrected chi connectivity index (χ4v) is 5.14. The molecule has 1 aliphatic heterocycles. The third kappa shape index (κ3) is 7.65. The molecule has 41 heavy (non-hydrogen) atoms. The van der Waals surface area contributed by atoms with Gasteiger partial charge in [-0.3, -0.25) is 19.4 Å². The van der Waals surface area contributed by atoms with Crippen molar-refractivity contribution in [1.29, 1.82) is 0 Å². The van der Waals surface area contributed by atoms with E-state index in [1.54, 1.807) is 18.0 Å². The van der Waals surface area contributed by atoms with E-state index in [2.05, 4.69) is 50.3 Å². The number of amides is 3. The number of nitrogens with zero attached hydrogens (tertiary/aromatic N) is 4. The average Bonchev–Trinajstić information content (AvgIpc) is 3.08. The van der Waals surface area contributed by atoms with Crippen molar-refractivity contribution in [2.75, 3.05) is 31.1 Å². The number of likely N-dealkylation sites (N-methyl/N-ethyl adjacent to an activating group) is 1. The lowest BCUT2D eigenvalue weighted by atomic mass is 10.0. The number of hydrogen-bond acceptors (Lipinski definition) is 6. The van der Waals surface area contributed by atoms with Crippen molar-refractivity contribution >= 4 is 45.1 Å². The molecule has 0 bridgehead atoms. The van der Waals surface area contributed by atoms with Gasteiger partial charge in [0.1, 0.15) is 6.04 Å². The molecule has 1 unspecified atom stereocenters. The Kier molecular flexibility index (Phi) is 10.4. The van der Waals surface area contributed by atoms with Crippen molar-refractivity contribution < 1.29 is 14.4 Å². The van der Waals surface area contributed by atoms with Crippen molar-refractivity contribution in [3.05, 3.63) is 94.2 Å². The lowest BCUT2D eigenvalue weighted by Crippen LogP contribution is -2.53. The van der Waals surface area contributed by atoms with Gasteiger partial charge in [0, 0.05) is 29.3 Å². The molecule has 0 aliphatic carbocycles. The van der Waals surface area contributed by atoms with Crippen molar-refractivity contribution in [3.63, 3.8) is 0 Å². The predicted octanol–water partition coefficient (Wildman–Crippen LogP) is 3.56. The molecule has 2 N–H and O–H groups in total. The van der Waals surface area contributed by atoms with Gasteiger partial charge in [0.2, 0.25) is 18.0 Å². The predicted molar refractivity (Wildman–Crippen MR) is 164 cm³/mol. The fourth-order valence-electron chi connectivity index (χ4n) is 4.69. The number of benzodiazepines with no additional fused rings is 1. The number of para-hydroxylation sites is 1. The minimum Gasteiger partial charge on any atom is -0.344 e. The highest BCUT2D eigenvalue weighted by Gasteiger charge is 2.34. The summed E-state index contributed by atoms with van der Waals surface area (Å²) in [6, 6.07) is 19.6. The number of carbonyl (C=O) groups excluding carboxylic acids is 3. The first-order valence-electron chi connectivity index (χ1n) is 13.8. The highest BCUT2D eigenvalue weighted by molar-refractivity contribution is 9.10. The molecule has 0 saturated carbocycles. The number of benzene rings is 2. The molecule has 2 heterocycles. The summed E-state index contributed by atoms with van der Waals surface area (Å²) in [7, 11) is 0. The van der Waals surface area contributed by atoms with Crippen LogP contribution in [0.2, 0.25) is 0 Å². The molecule has 1 aliphatic rings. The summed E-state index contributed by atoms with van der Waals surface area (Å²) in [5.74, 6) is -1.16. The largest absolute Gasteiger partial charge is 0.344 e. The number of hydrogen-bond donors (Lipinski definition) is 2. The fraction of sp³-hybridized carbons (Fsp3) is 0.323. The average molecular weight is 620 g/mol. The number of carbonyl (C=O) groups is 3. The maximum atomic E-state index is 14.0. The zero-order valence-electron chi connectivity index (χ0n) is 23.5. The Hall–Kier alpha value is -3.89. The van der Waals surface area contributed by atoms with Crippen LogP contribution >= 0.6 is 15.9 Å². The number of aliphatic imine (C=N–C) groups is 1. The van der Waals surface area contributed by atoms with Gasteiger partial charge in [-0.05, 0) is 55.9 Å². The maximum absolute atomic E-state index is 14.0. The molecule has 214 valence electrons. The third-order valence-corrected chi connectivity index (χ3v) is 7.45. The van der Waals surface area contributed by atoms with Gasteiger partial charge in [0.05, 0.1) is 23.5 Å². The van der Waals surface area contributed by atoms with Gasteiger partial charge in [0.15, 0.2) is 0 Å². The Balaban J connectivity index is 1.60. The smallest absolute Gasteiger partial charge is 0.272 e. The second-order valence-electron chi connectivity index (χ2n) is 9.73. The lowest BCUT2D eigenvalue weighted by Gasteiger charge is -2.28. The van der Waals surface area contributed by atoms with Crippen LogP contribution in [0.25, 0.3) is 0 Å². The Bertz CT molecular complexity index is 1410. The topological polar surface area (TPSA) is 107 Å². The van der Waals surface area contributed by atoms with Crippen LogP contribution in [0.5, 0.6) is 0 Å². The Labute approximate surface area is 249 Å². The number of nitrogens with one attached hydrogen (secondary N) is 2. The molecule has 0 radical (unpaired) electrons. The molecule has 0 spiro atoms. The summed E-state index contributed by atoms with van der Waals surface area (Å²) in [6.07, 6.45) is 0.588. The number of anilines is 1. The van der Waals surface area contributed by atoms with E-state index in [-0.39, 0.29) is 18.2 Å². The molecule has 0 saturated heterocycles. The van der Waals surface area contributed by atoms with E-state index >= 15 is 0 Å². The number of fused-ring (bicyclic) bond motifs is 1.